The second kappa shape index (κ2) is 4.99. The van der Waals surface area contributed by atoms with Gasteiger partial charge in [-0.3, -0.25) is 9.79 Å². The third-order valence-corrected chi connectivity index (χ3v) is 2.43. The number of amidine groups is 1. The van der Waals surface area contributed by atoms with E-state index in [0.29, 0.717) is 23.1 Å². The van der Waals surface area contributed by atoms with Gasteiger partial charge in [-0.05, 0) is 24.6 Å². The maximum absolute atomic E-state index is 11.7. The second-order valence-corrected chi connectivity index (χ2v) is 3.91. The molecular weight excluding hydrogens is 226 g/mol. The van der Waals surface area contributed by atoms with Gasteiger partial charge in [-0.25, -0.2) is 0 Å². The minimum Gasteiger partial charge on any atom is -0.366 e. The van der Waals surface area contributed by atoms with E-state index in [1.807, 2.05) is 0 Å². The summed E-state index contributed by atoms with van der Waals surface area (Å²) in [7, 11) is 0. The molecule has 16 heavy (non-hydrogen) atoms. The van der Waals surface area contributed by atoms with Crippen LogP contribution in [0.2, 0.25) is 5.02 Å². The monoisotopic (exact) mass is 237 g/mol. The molecule has 0 aromatic heterocycles. The van der Waals surface area contributed by atoms with Gasteiger partial charge < -0.3 is 10.6 Å². The van der Waals surface area contributed by atoms with E-state index in [1.165, 1.54) is 0 Å². The number of aliphatic imine (C=N–C) groups is 1. The summed E-state index contributed by atoms with van der Waals surface area (Å²) in [6.45, 7) is 1.49. The fraction of sp³-hybridized carbons (Fsp3) is 0.273. The molecule has 0 radical (unpaired) electrons. The van der Waals surface area contributed by atoms with Gasteiger partial charge in [-0.1, -0.05) is 17.7 Å². The molecule has 0 aliphatic carbocycles. The zero-order valence-corrected chi connectivity index (χ0v) is 9.42. The predicted octanol–water partition coefficient (Wildman–Crippen LogP) is 1.67. The summed E-state index contributed by atoms with van der Waals surface area (Å²) in [5.41, 5.74) is 0.674. The Morgan fingerprint density at radius 1 is 1.50 bits per heavy atom. The van der Waals surface area contributed by atoms with Gasteiger partial charge in [0.05, 0.1) is 0 Å². The van der Waals surface area contributed by atoms with Crippen LogP contribution in [0.3, 0.4) is 0 Å². The number of anilines is 1. The number of halogens is 1. The number of hydrogen-bond acceptors (Lipinski definition) is 3. The van der Waals surface area contributed by atoms with Crippen LogP contribution in [0.15, 0.2) is 29.3 Å². The number of amides is 1. The molecule has 0 atom stereocenters. The summed E-state index contributed by atoms with van der Waals surface area (Å²) in [6, 6.07) is 7.03. The molecule has 84 valence electrons. The number of rotatable bonds is 2. The van der Waals surface area contributed by atoms with E-state index >= 15 is 0 Å². The lowest BCUT2D eigenvalue weighted by Crippen LogP contribution is -2.39. The van der Waals surface area contributed by atoms with Crippen LogP contribution in [0.5, 0.6) is 0 Å². The molecule has 1 aromatic carbocycles. The van der Waals surface area contributed by atoms with Gasteiger partial charge in [-0.15, -0.1) is 0 Å². The second-order valence-electron chi connectivity index (χ2n) is 3.48. The van der Waals surface area contributed by atoms with Gasteiger partial charge in [0.25, 0.3) is 5.91 Å². The quantitative estimate of drug-likeness (QED) is 0.822. The SMILES string of the molecule is O=C(Nc1cccc(Cl)c1)C1=NCCCN1. The standard InChI is InChI=1S/C11H12ClN3O/c12-8-3-1-4-9(7-8)15-11(16)10-13-5-2-6-14-10/h1,3-4,7H,2,5-6H2,(H,13,14)(H,15,16). The number of hydrogen-bond donors (Lipinski definition) is 2. The van der Waals surface area contributed by atoms with Crippen molar-refractivity contribution in [2.45, 2.75) is 6.42 Å². The summed E-state index contributed by atoms with van der Waals surface area (Å²) in [5.74, 6) is 0.174. The number of benzene rings is 1. The van der Waals surface area contributed by atoms with E-state index in [4.69, 9.17) is 11.6 Å². The Bertz CT molecular complexity index is 431. The molecule has 0 fully saturated rings. The summed E-state index contributed by atoms with van der Waals surface area (Å²) in [5, 5.41) is 6.29. The first kappa shape index (κ1) is 11.0. The highest BCUT2D eigenvalue weighted by atomic mass is 35.5. The maximum Gasteiger partial charge on any atom is 0.290 e. The number of carbonyl (C=O) groups excluding carboxylic acids is 1. The van der Waals surface area contributed by atoms with E-state index in [9.17, 15) is 4.79 Å². The highest BCUT2D eigenvalue weighted by molar-refractivity contribution is 6.42. The van der Waals surface area contributed by atoms with Crippen molar-refractivity contribution in [3.63, 3.8) is 0 Å². The third kappa shape index (κ3) is 2.73. The lowest BCUT2D eigenvalue weighted by molar-refractivity contribution is -0.110. The molecule has 0 bridgehead atoms. The molecule has 0 saturated heterocycles. The van der Waals surface area contributed by atoms with E-state index in [-0.39, 0.29) is 5.91 Å². The minimum absolute atomic E-state index is 0.220. The number of nitrogens with one attached hydrogen (secondary N) is 2. The van der Waals surface area contributed by atoms with Crippen molar-refractivity contribution in [1.82, 2.24) is 5.32 Å². The highest BCUT2D eigenvalue weighted by Gasteiger charge is 2.13. The molecule has 1 aliphatic heterocycles. The van der Waals surface area contributed by atoms with Crippen molar-refractivity contribution in [1.29, 1.82) is 0 Å². The molecule has 2 rings (SSSR count). The molecular formula is C11H12ClN3O. The Kier molecular flexibility index (Phi) is 3.41. The van der Waals surface area contributed by atoms with Crippen molar-refractivity contribution < 1.29 is 4.79 Å². The van der Waals surface area contributed by atoms with Crippen LogP contribution in [-0.2, 0) is 4.79 Å². The molecule has 0 spiro atoms. The predicted molar refractivity (Wildman–Crippen MR) is 65.0 cm³/mol. The molecule has 2 N–H and O–H groups in total. The maximum atomic E-state index is 11.7. The topological polar surface area (TPSA) is 53.5 Å². The van der Waals surface area contributed by atoms with Gasteiger partial charge >= 0.3 is 0 Å². The van der Waals surface area contributed by atoms with Gasteiger partial charge in [0.15, 0.2) is 5.84 Å². The van der Waals surface area contributed by atoms with E-state index in [2.05, 4.69) is 15.6 Å². The van der Waals surface area contributed by atoms with E-state index in [0.717, 1.165) is 13.0 Å². The van der Waals surface area contributed by atoms with Crippen LogP contribution in [-0.4, -0.2) is 24.8 Å². The van der Waals surface area contributed by atoms with Gasteiger partial charge in [-0.2, -0.15) is 0 Å². The van der Waals surface area contributed by atoms with Crippen molar-refractivity contribution in [2.75, 3.05) is 18.4 Å². The van der Waals surface area contributed by atoms with Crippen LogP contribution in [0.25, 0.3) is 0 Å². The molecule has 1 aromatic rings. The van der Waals surface area contributed by atoms with Crippen molar-refractivity contribution >= 4 is 29.0 Å². The smallest absolute Gasteiger partial charge is 0.290 e. The molecule has 1 amide bonds. The molecule has 1 aliphatic rings. The van der Waals surface area contributed by atoms with Crippen molar-refractivity contribution in [2.24, 2.45) is 4.99 Å². The summed E-state index contributed by atoms with van der Waals surface area (Å²) < 4.78 is 0. The lowest BCUT2D eigenvalue weighted by atomic mass is 10.3. The first-order chi connectivity index (χ1) is 7.75. The van der Waals surface area contributed by atoms with E-state index in [1.54, 1.807) is 24.3 Å². The van der Waals surface area contributed by atoms with E-state index < -0.39 is 0 Å². The zero-order valence-electron chi connectivity index (χ0n) is 8.66. The average molecular weight is 238 g/mol. The van der Waals surface area contributed by atoms with Gasteiger partial charge in [0.2, 0.25) is 0 Å². The fourth-order valence-corrected chi connectivity index (χ4v) is 1.63. The highest BCUT2D eigenvalue weighted by Crippen LogP contribution is 2.14. The van der Waals surface area contributed by atoms with Crippen LogP contribution in [0.1, 0.15) is 6.42 Å². The van der Waals surface area contributed by atoms with Crippen LogP contribution in [0.4, 0.5) is 5.69 Å². The summed E-state index contributed by atoms with van der Waals surface area (Å²) in [6.07, 6.45) is 0.966. The van der Waals surface area contributed by atoms with Gasteiger partial charge in [0.1, 0.15) is 0 Å². The minimum atomic E-state index is -0.220. The first-order valence-electron chi connectivity index (χ1n) is 5.11. The summed E-state index contributed by atoms with van der Waals surface area (Å²) >= 11 is 5.82. The fourth-order valence-electron chi connectivity index (χ4n) is 1.44. The molecule has 4 nitrogen and oxygen atoms in total. The molecule has 0 unspecified atom stereocenters. The first-order valence-corrected chi connectivity index (χ1v) is 5.49. The third-order valence-electron chi connectivity index (χ3n) is 2.19. The normalized spacial score (nSPS) is 14.9. The zero-order chi connectivity index (χ0) is 11.4. The Labute approximate surface area is 98.7 Å². The Hall–Kier alpha value is -1.55. The molecule has 0 saturated carbocycles. The Balaban J connectivity index is 2.04. The van der Waals surface area contributed by atoms with Gasteiger partial charge in [0, 0.05) is 23.8 Å². The van der Waals surface area contributed by atoms with Crippen molar-refractivity contribution in [3.05, 3.63) is 29.3 Å². The Morgan fingerprint density at radius 2 is 2.38 bits per heavy atom. The van der Waals surface area contributed by atoms with Crippen molar-refractivity contribution in [3.8, 4) is 0 Å². The molecule has 1 heterocycles. The van der Waals surface area contributed by atoms with Crippen LogP contribution < -0.4 is 10.6 Å². The number of nitrogens with zero attached hydrogens (tertiary/aromatic N) is 1. The Morgan fingerprint density at radius 3 is 3.06 bits per heavy atom. The summed E-state index contributed by atoms with van der Waals surface area (Å²) in [4.78, 5) is 15.8. The average Bonchev–Trinajstić information content (AvgIpc) is 2.30. The molecule has 5 heteroatoms. The number of carbonyl (C=O) groups is 1. The largest absolute Gasteiger partial charge is 0.366 e. The van der Waals surface area contributed by atoms with Crippen LogP contribution in [0, 0.1) is 0 Å². The van der Waals surface area contributed by atoms with Crippen LogP contribution >= 0.6 is 11.6 Å². The lowest BCUT2D eigenvalue weighted by Gasteiger charge is -2.14.